The van der Waals surface area contributed by atoms with E-state index in [-0.39, 0.29) is 11.5 Å². The topological polar surface area (TPSA) is 92.5 Å². The fourth-order valence-electron chi connectivity index (χ4n) is 3.98. The number of amides is 1. The molecule has 26 heavy (non-hydrogen) atoms. The van der Waals surface area contributed by atoms with Crippen LogP contribution in [0.15, 0.2) is 23.0 Å². The van der Waals surface area contributed by atoms with E-state index >= 15 is 0 Å². The predicted molar refractivity (Wildman–Crippen MR) is 95.3 cm³/mol. The summed E-state index contributed by atoms with van der Waals surface area (Å²) in [5, 5.41) is 9.80. The zero-order valence-electron chi connectivity index (χ0n) is 14.5. The maximum Gasteiger partial charge on any atom is 0.326 e. The van der Waals surface area contributed by atoms with Gasteiger partial charge in [-0.3, -0.25) is 14.2 Å². The molecule has 2 aliphatic rings. The van der Waals surface area contributed by atoms with E-state index in [4.69, 9.17) is 0 Å². The lowest BCUT2D eigenvalue weighted by atomic mass is 10.1. The summed E-state index contributed by atoms with van der Waals surface area (Å²) in [5.41, 5.74) is 0.840. The molecule has 1 aromatic carbocycles. The van der Waals surface area contributed by atoms with Crippen molar-refractivity contribution < 1.29 is 14.7 Å². The Hall–Kier alpha value is -2.70. The average Bonchev–Trinajstić information content (AvgIpc) is 3.01. The first-order valence-electron chi connectivity index (χ1n) is 9.13. The molecule has 0 spiro atoms. The van der Waals surface area contributed by atoms with Crippen molar-refractivity contribution in [2.75, 3.05) is 6.54 Å². The molecule has 136 valence electrons. The zero-order chi connectivity index (χ0) is 18.3. The number of likely N-dealkylation sites (tertiary alicyclic amines) is 1. The molecule has 1 fully saturated rings. The Kier molecular flexibility index (Phi) is 4.22. The number of carboxylic acids is 1. The van der Waals surface area contributed by atoms with Gasteiger partial charge in [-0.25, -0.2) is 9.78 Å². The quantitative estimate of drug-likeness (QED) is 0.887. The van der Waals surface area contributed by atoms with E-state index in [0.29, 0.717) is 42.4 Å². The van der Waals surface area contributed by atoms with Crippen molar-refractivity contribution in [3.63, 3.8) is 0 Å². The molecule has 0 aliphatic carbocycles. The Morgan fingerprint density at radius 3 is 2.77 bits per heavy atom. The average molecular weight is 355 g/mol. The molecule has 3 heterocycles. The van der Waals surface area contributed by atoms with Gasteiger partial charge in [-0.2, -0.15) is 0 Å². The lowest BCUT2D eigenvalue weighted by Crippen LogP contribution is -2.40. The molecular weight excluding hydrogens is 334 g/mol. The fraction of sp³-hybridized carbons (Fsp3) is 0.474. The normalized spacial score (nSPS) is 20.0. The Morgan fingerprint density at radius 1 is 1.12 bits per heavy atom. The van der Waals surface area contributed by atoms with Crippen molar-refractivity contribution in [3.05, 3.63) is 39.9 Å². The van der Waals surface area contributed by atoms with E-state index in [9.17, 15) is 19.5 Å². The lowest BCUT2D eigenvalue weighted by molar-refractivity contribution is -0.141. The Labute approximate surface area is 150 Å². The highest BCUT2D eigenvalue weighted by Crippen LogP contribution is 2.22. The Morgan fingerprint density at radius 2 is 1.96 bits per heavy atom. The molecule has 0 bridgehead atoms. The Balaban J connectivity index is 1.75. The van der Waals surface area contributed by atoms with Gasteiger partial charge in [-0.05, 0) is 43.9 Å². The first-order chi connectivity index (χ1) is 12.6. The van der Waals surface area contributed by atoms with E-state index in [1.165, 1.54) is 4.90 Å². The van der Waals surface area contributed by atoms with E-state index in [2.05, 4.69) is 4.98 Å². The summed E-state index contributed by atoms with van der Waals surface area (Å²) in [6, 6.07) is 4.10. The smallest absolute Gasteiger partial charge is 0.326 e. The summed E-state index contributed by atoms with van der Waals surface area (Å²) >= 11 is 0. The van der Waals surface area contributed by atoms with Crippen LogP contribution in [-0.4, -0.2) is 44.0 Å². The molecule has 7 heteroatoms. The first-order valence-corrected chi connectivity index (χ1v) is 9.13. The highest BCUT2D eigenvalue weighted by atomic mass is 16.4. The van der Waals surface area contributed by atoms with Crippen LogP contribution >= 0.6 is 0 Å². The van der Waals surface area contributed by atoms with Gasteiger partial charge in [0.05, 0.1) is 10.9 Å². The number of aromatic nitrogens is 2. The van der Waals surface area contributed by atoms with Gasteiger partial charge in [-0.15, -0.1) is 0 Å². The molecule has 4 rings (SSSR count). The van der Waals surface area contributed by atoms with Crippen molar-refractivity contribution in [2.45, 2.75) is 51.1 Å². The van der Waals surface area contributed by atoms with Gasteiger partial charge in [0.15, 0.2) is 0 Å². The largest absolute Gasteiger partial charge is 0.480 e. The van der Waals surface area contributed by atoms with Crippen LogP contribution in [0.3, 0.4) is 0 Å². The molecule has 1 aromatic heterocycles. The number of hydrogen-bond donors (Lipinski definition) is 1. The number of hydrogen-bond acceptors (Lipinski definition) is 4. The molecule has 2 aliphatic heterocycles. The van der Waals surface area contributed by atoms with E-state index < -0.39 is 12.0 Å². The standard InChI is InChI=1S/C19H21N3O4/c23-17(21-10-4-5-15(21)19(25)26)12-7-8-13-14(11-12)20-16-6-2-1-3-9-22(16)18(13)24/h7-8,11,15H,1-6,9-10H2,(H,25,26)/t15-/m1/s1. The summed E-state index contributed by atoms with van der Waals surface area (Å²) < 4.78 is 1.75. The van der Waals surface area contributed by atoms with Crippen LogP contribution in [0.1, 0.15) is 48.3 Å². The molecule has 1 amide bonds. The summed E-state index contributed by atoms with van der Waals surface area (Å²) in [5.74, 6) is -0.513. The maximum atomic E-state index is 12.8. The van der Waals surface area contributed by atoms with Crippen LogP contribution in [0.25, 0.3) is 10.9 Å². The van der Waals surface area contributed by atoms with Crippen molar-refractivity contribution in [2.24, 2.45) is 0 Å². The lowest BCUT2D eigenvalue weighted by Gasteiger charge is -2.21. The second-order valence-corrected chi connectivity index (χ2v) is 7.02. The number of carbonyl (C=O) groups excluding carboxylic acids is 1. The third kappa shape index (κ3) is 2.77. The molecule has 1 saturated heterocycles. The molecule has 1 N–H and O–H groups in total. The molecular formula is C19H21N3O4. The van der Waals surface area contributed by atoms with Gasteiger partial charge in [0.2, 0.25) is 0 Å². The van der Waals surface area contributed by atoms with Gasteiger partial charge >= 0.3 is 5.97 Å². The number of carboxylic acid groups (broad SMARTS) is 1. The van der Waals surface area contributed by atoms with Gasteiger partial charge in [0.1, 0.15) is 11.9 Å². The SMILES string of the molecule is O=C(O)[C@H]1CCCN1C(=O)c1ccc2c(=O)n3c(nc2c1)CCCCC3. The van der Waals surface area contributed by atoms with Crippen molar-refractivity contribution in [1.82, 2.24) is 14.5 Å². The third-order valence-electron chi connectivity index (χ3n) is 5.36. The number of aliphatic carboxylic acids is 1. The number of benzene rings is 1. The fourth-order valence-corrected chi connectivity index (χ4v) is 3.98. The maximum absolute atomic E-state index is 12.8. The van der Waals surface area contributed by atoms with Crippen molar-refractivity contribution in [1.29, 1.82) is 0 Å². The minimum Gasteiger partial charge on any atom is -0.480 e. The molecule has 2 aromatic rings. The van der Waals surface area contributed by atoms with Crippen LogP contribution in [0, 0.1) is 0 Å². The van der Waals surface area contributed by atoms with E-state index in [1.807, 2.05) is 0 Å². The summed E-state index contributed by atoms with van der Waals surface area (Å²) in [7, 11) is 0. The number of carbonyl (C=O) groups is 2. The highest BCUT2D eigenvalue weighted by molar-refractivity contribution is 5.99. The predicted octanol–water partition coefficient (Wildman–Crippen LogP) is 1.81. The summed E-state index contributed by atoms with van der Waals surface area (Å²) in [6.07, 6.45) is 4.98. The van der Waals surface area contributed by atoms with Crippen LogP contribution < -0.4 is 5.56 Å². The molecule has 0 unspecified atom stereocenters. The van der Waals surface area contributed by atoms with Crippen LogP contribution in [-0.2, 0) is 17.8 Å². The van der Waals surface area contributed by atoms with Crippen LogP contribution in [0.5, 0.6) is 0 Å². The van der Waals surface area contributed by atoms with Gasteiger partial charge in [0.25, 0.3) is 11.5 Å². The van der Waals surface area contributed by atoms with E-state index in [1.54, 1.807) is 22.8 Å². The summed E-state index contributed by atoms with van der Waals surface area (Å²) in [4.78, 5) is 42.9. The summed E-state index contributed by atoms with van der Waals surface area (Å²) in [6.45, 7) is 1.12. The molecule has 1 atom stereocenters. The van der Waals surface area contributed by atoms with Crippen molar-refractivity contribution >= 4 is 22.8 Å². The monoisotopic (exact) mass is 355 g/mol. The molecule has 7 nitrogen and oxygen atoms in total. The Bertz CT molecular complexity index is 950. The number of aryl methyl sites for hydroxylation is 1. The number of nitrogens with zero attached hydrogens (tertiary/aromatic N) is 3. The van der Waals surface area contributed by atoms with Crippen molar-refractivity contribution in [3.8, 4) is 0 Å². The van der Waals surface area contributed by atoms with Gasteiger partial charge < -0.3 is 10.0 Å². The van der Waals surface area contributed by atoms with Gasteiger partial charge in [0, 0.05) is 25.1 Å². The first kappa shape index (κ1) is 16.8. The minimum absolute atomic E-state index is 0.0597. The molecule has 0 radical (unpaired) electrons. The zero-order valence-corrected chi connectivity index (χ0v) is 14.5. The minimum atomic E-state index is -0.974. The van der Waals surface area contributed by atoms with Crippen LogP contribution in [0.4, 0.5) is 0 Å². The van der Waals surface area contributed by atoms with E-state index in [0.717, 1.165) is 31.5 Å². The van der Waals surface area contributed by atoms with Crippen LogP contribution in [0.2, 0.25) is 0 Å². The third-order valence-corrected chi connectivity index (χ3v) is 5.36. The highest BCUT2D eigenvalue weighted by Gasteiger charge is 2.34. The second-order valence-electron chi connectivity index (χ2n) is 7.02. The molecule has 0 saturated carbocycles. The number of rotatable bonds is 2. The number of fused-ring (bicyclic) bond motifs is 2. The van der Waals surface area contributed by atoms with Gasteiger partial charge in [-0.1, -0.05) is 6.42 Å². The second kappa shape index (κ2) is 6.55.